The van der Waals surface area contributed by atoms with Gasteiger partial charge >= 0.3 is 0 Å². The molecule has 1 saturated heterocycles. The van der Waals surface area contributed by atoms with Gasteiger partial charge in [-0.3, -0.25) is 4.79 Å². The molecule has 1 aliphatic carbocycles. The number of carbonyl (C=O) groups excluding carboxylic acids is 1. The van der Waals surface area contributed by atoms with Crippen molar-refractivity contribution < 1.29 is 4.79 Å². The Balaban J connectivity index is 1.64. The maximum atomic E-state index is 12.4. The zero-order valence-electron chi connectivity index (χ0n) is 11.1. The lowest BCUT2D eigenvalue weighted by Crippen LogP contribution is -2.37. The SMILES string of the molecule is O=C(Cc1ccccc1Cl)C1CC2CCCCC2N1. The van der Waals surface area contributed by atoms with Crippen molar-refractivity contribution in [3.05, 3.63) is 34.9 Å². The molecule has 1 aromatic carbocycles. The van der Waals surface area contributed by atoms with Crippen LogP contribution in [0.1, 0.15) is 37.7 Å². The Morgan fingerprint density at radius 1 is 1.26 bits per heavy atom. The highest BCUT2D eigenvalue weighted by Crippen LogP contribution is 2.33. The van der Waals surface area contributed by atoms with Crippen molar-refractivity contribution in [2.24, 2.45) is 5.92 Å². The van der Waals surface area contributed by atoms with Crippen molar-refractivity contribution in [2.45, 2.75) is 50.6 Å². The number of hydrogen-bond acceptors (Lipinski definition) is 2. The summed E-state index contributed by atoms with van der Waals surface area (Å²) in [4.78, 5) is 12.4. The fraction of sp³-hybridized carbons (Fsp3) is 0.562. The molecule has 0 bridgehead atoms. The van der Waals surface area contributed by atoms with Crippen LogP contribution in [0.3, 0.4) is 0 Å². The summed E-state index contributed by atoms with van der Waals surface area (Å²) in [7, 11) is 0. The number of nitrogens with one attached hydrogen (secondary N) is 1. The van der Waals surface area contributed by atoms with Gasteiger partial charge in [-0.25, -0.2) is 0 Å². The van der Waals surface area contributed by atoms with Crippen molar-refractivity contribution >= 4 is 17.4 Å². The van der Waals surface area contributed by atoms with E-state index in [4.69, 9.17) is 11.6 Å². The molecular formula is C16H20ClNO. The third-order valence-corrected chi connectivity index (χ3v) is 4.94. The van der Waals surface area contributed by atoms with Crippen molar-refractivity contribution in [1.29, 1.82) is 0 Å². The minimum Gasteiger partial charge on any atom is -0.304 e. The van der Waals surface area contributed by atoms with E-state index in [1.807, 2.05) is 24.3 Å². The van der Waals surface area contributed by atoms with E-state index in [0.717, 1.165) is 12.0 Å². The maximum Gasteiger partial charge on any atom is 0.154 e. The topological polar surface area (TPSA) is 29.1 Å². The number of rotatable bonds is 3. The number of carbonyl (C=O) groups is 1. The van der Waals surface area contributed by atoms with Crippen LogP contribution >= 0.6 is 11.6 Å². The van der Waals surface area contributed by atoms with Crippen LogP contribution in [0, 0.1) is 5.92 Å². The average molecular weight is 278 g/mol. The average Bonchev–Trinajstić information content (AvgIpc) is 2.85. The molecule has 1 saturated carbocycles. The normalized spacial score (nSPS) is 30.1. The molecule has 3 atom stereocenters. The number of fused-ring (bicyclic) bond motifs is 1. The number of Topliss-reactive ketones (excluding diaryl/α,β-unsaturated/α-hetero) is 1. The van der Waals surface area contributed by atoms with Crippen molar-refractivity contribution in [3.63, 3.8) is 0 Å². The van der Waals surface area contributed by atoms with Gasteiger partial charge < -0.3 is 5.32 Å². The monoisotopic (exact) mass is 277 g/mol. The Labute approximate surface area is 119 Å². The van der Waals surface area contributed by atoms with Gasteiger partial charge in [0, 0.05) is 17.5 Å². The smallest absolute Gasteiger partial charge is 0.154 e. The van der Waals surface area contributed by atoms with Gasteiger partial charge in [0.1, 0.15) is 0 Å². The fourth-order valence-electron chi connectivity index (χ4n) is 3.52. The minimum atomic E-state index is 0.0457. The zero-order chi connectivity index (χ0) is 13.2. The van der Waals surface area contributed by atoms with E-state index in [0.29, 0.717) is 29.2 Å². The van der Waals surface area contributed by atoms with Crippen LogP contribution in [-0.4, -0.2) is 17.9 Å². The largest absolute Gasteiger partial charge is 0.304 e. The highest BCUT2D eigenvalue weighted by Gasteiger charge is 2.37. The number of benzene rings is 1. The molecule has 3 rings (SSSR count). The molecule has 3 unspecified atom stereocenters. The Kier molecular flexibility index (Phi) is 3.90. The molecule has 3 heteroatoms. The first kappa shape index (κ1) is 13.1. The van der Waals surface area contributed by atoms with E-state index >= 15 is 0 Å². The summed E-state index contributed by atoms with van der Waals surface area (Å²) in [6.07, 6.45) is 6.63. The molecule has 2 aliphatic rings. The fourth-order valence-corrected chi connectivity index (χ4v) is 3.72. The molecular weight excluding hydrogens is 258 g/mol. The number of hydrogen-bond donors (Lipinski definition) is 1. The molecule has 102 valence electrons. The lowest BCUT2D eigenvalue weighted by atomic mass is 9.84. The molecule has 0 amide bonds. The molecule has 19 heavy (non-hydrogen) atoms. The van der Waals surface area contributed by atoms with Crippen molar-refractivity contribution in [3.8, 4) is 0 Å². The summed E-state index contributed by atoms with van der Waals surface area (Å²) in [5.74, 6) is 1.01. The second-order valence-corrected chi connectivity index (χ2v) is 6.25. The van der Waals surface area contributed by atoms with Crippen LogP contribution in [0.4, 0.5) is 0 Å². The van der Waals surface area contributed by atoms with E-state index in [1.165, 1.54) is 25.7 Å². The highest BCUT2D eigenvalue weighted by molar-refractivity contribution is 6.31. The number of ketones is 1. The first-order valence-electron chi connectivity index (χ1n) is 7.26. The van der Waals surface area contributed by atoms with Crippen molar-refractivity contribution in [2.75, 3.05) is 0 Å². The van der Waals surface area contributed by atoms with Gasteiger partial charge in [0.15, 0.2) is 5.78 Å². The Morgan fingerprint density at radius 3 is 2.84 bits per heavy atom. The number of halogens is 1. The maximum absolute atomic E-state index is 12.4. The van der Waals surface area contributed by atoms with Crippen LogP contribution in [0.2, 0.25) is 5.02 Å². The van der Waals surface area contributed by atoms with Crippen LogP contribution < -0.4 is 5.32 Å². The molecule has 0 radical (unpaired) electrons. The standard InChI is InChI=1S/C16H20ClNO/c17-13-7-3-1-5-11(13)10-16(19)15-9-12-6-2-4-8-14(12)18-15/h1,3,5,7,12,14-15,18H,2,4,6,8-10H2. The molecule has 2 fully saturated rings. The first-order chi connectivity index (χ1) is 9.24. The van der Waals surface area contributed by atoms with E-state index in [2.05, 4.69) is 5.32 Å². The van der Waals surface area contributed by atoms with Crippen LogP contribution in [0.5, 0.6) is 0 Å². The Hall–Kier alpha value is -0.860. The van der Waals surface area contributed by atoms with Gasteiger partial charge in [-0.1, -0.05) is 42.6 Å². The van der Waals surface area contributed by atoms with Crippen LogP contribution in [0.15, 0.2) is 24.3 Å². The second-order valence-electron chi connectivity index (χ2n) is 5.84. The molecule has 1 N–H and O–H groups in total. The molecule has 2 nitrogen and oxygen atoms in total. The molecule has 1 aliphatic heterocycles. The van der Waals surface area contributed by atoms with Gasteiger partial charge in [0.2, 0.25) is 0 Å². The lowest BCUT2D eigenvalue weighted by Gasteiger charge is -2.24. The third-order valence-electron chi connectivity index (χ3n) is 4.57. The van der Waals surface area contributed by atoms with Gasteiger partial charge in [-0.15, -0.1) is 0 Å². The molecule has 0 aromatic heterocycles. The van der Waals surface area contributed by atoms with Crippen LogP contribution in [0.25, 0.3) is 0 Å². The van der Waals surface area contributed by atoms with Crippen molar-refractivity contribution in [1.82, 2.24) is 5.32 Å². The molecule has 1 aromatic rings. The van der Waals surface area contributed by atoms with Gasteiger partial charge in [0.25, 0.3) is 0 Å². The summed E-state index contributed by atoms with van der Waals surface area (Å²) in [5.41, 5.74) is 0.950. The predicted molar refractivity (Wildman–Crippen MR) is 77.4 cm³/mol. The zero-order valence-corrected chi connectivity index (χ0v) is 11.8. The highest BCUT2D eigenvalue weighted by atomic mass is 35.5. The van der Waals surface area contributed by atoms with Gasteiger partial charge in [-0.2, -0.15) is 0 Å². The summed E-state index contributed by atoms with van der Waals surface area (Å²) >= 11 is 6.12. The molecule has 1 heterocycles. The quantitative estimate of drug-likeness (QED) is 0.918. The summed E-state index contributed by atoms with van der Waals surface area (Å²) in [5, 5.41) is 4.24. The third kappa shape index (κ3) is 2.85. The Bertz CT molecular complexity index is 460. The van der Waals surface area contributed by atoms with E-state index < -0.39 is 0 Å². The van der Waals surface area contributed by atoms with E-state index in [9.17, 15) is 4.79 Å². The second kappa shape index (κ2) is 5.64. The Morgan fingerprint density at radius 2 is 2.05 bits per heavy atom. The molecule has 0 spiro atoms. The summed E-state index contributed by atoms with van der Waals surface area (Å²) in [6, 6.07) is 8.27. The summed E-state index contributed by atoms with van der Waals surface area (Å²) < 4.78 is 0. The summed E-state index contributed by atoms with van der Waals surface area (Å²) in [6.45, 7) is 0. The first-order valence-corrected chi connectivity index (χ1v) is 7.64. The predicted octanol–water partition coefficient (Wildman–Crippen LogP) is 3.37. The minimum absolute atomic E-state index is 0.0457. The van der Waals surface area contributed by atoms with Crippen LogP contribution in [-0.2, 0) is 11.2 Å². The van der Waals surface area contributed by atoms with E-state index in [1.54, 1.807) is 0 Å². The van der Waals surface area contributed by atoms with Gasteiger partial charge in [-0.05, 0) is 36.8 Å². The van der Waals surface area contributed by atoms with E-state index in [-0.39, 0.29) is 6.04 Å². The lowest BCUT2D eigenvalue weighted by molar-refractivity contribution is -0.120. The van der Waals surface area contributed by atoms with Gasteiger partial charge in [0.05, 0.1) is 6.04 Å².